The molecule has 0 spiro atoms. The van der Waals surface area contributed by atoms with E-state index < -0.39 is 0 Å². The Morgan fingerprint density at radius 2 is 2.07 bits per heavy atom. The van der Waals surface area contributed by atoms with Crippen molar-refractivity contribution in [1.82, 2.24) is 10.2 Å². The van der Waals surface area contributed by atoms with Crippen LogP contribution in [0.4, 0.5) is 0 Å². The number of hydrogen-bond donors (Lipinski definition) is 2. The van der Waals surface area contributed by atoms with Crippen molar-refractivity contribution in [2.75, 3.05) is 32.8 Å². The Bertz CT molecular complexity index is 151. The minimum Gasteiger partial charge on any atom is -0.396 e. The summed E-state index contributed by atoms with van der Waals surface area (Å²) < 4.78 is 0. The highest BCUT2D eigenvalue weighted by Gasteiger charge is 2.04. The smallest absolute Gasteiger partial charge is 0.221 e. The molecule has 0 saturated carbocycles. The van der Waals surface area contributed by atoms with Crippen LogP contribution in [0.2, 0.25) is 0 Å². The van der Waals surface area contributed by atoms with E-state index in [1.165, 1.54) is 0 Å². The van der Waals surface area contributed by atoms with Gasteiger partial charge in [-0.3, -0.25) is 4.79 Å². The van der Waals surface area contributed by atoms with E-state index in [2.05, 4.69) is 17.1 Å². The van der Waals surface area contributed by atoms with E-state index in [1.807, 2.05) is 6.92 Å². The molecule has 0 atom stereocenters. The van der Waals surface area contributed by atoms with Gasteiger partial charge in [0.1, 0.15) is 0 Å². The van der Waals surface area contributed by atoms with E-state index in [1.54, 1.807) is 0 Å². The van der Waals surface area contributed by atoms with Crippen molar-refractivity contribution in [2.45, 2.75) is 26.7 Å². The number of hydrogen-bond acceptors (Lipinski definition) is 3. The van der Waals surface area contributed by atoms with Crippen LogP contribution >= 0.6 is 0 Å². The van der Waals surface area contributed by atoms with Gasteiger partial charge in [-0.25, -0.2) is 0 Å². The topological polar surface area (TPSA) is 52.6 Å². The predicted octanol–water partition coefficient (Wildman–Crippen LogP) is 0.217. The van der Waals surface area contributed by atoms with Crippen LogP contribution in [0.3, 0.4) is 0 Å². The van der Waals surface area contributed by atoms with Gasteiger partial charge in [0.15, 0.2) is 0 Å². The van der Waals surface area contributed by atoms with E-state index in [4.69, 9.17) is 5.11 Å². The van der Waals surface area contributed by atoms with Crippen molar-refractivity contribution in [1.29, 1.82) is 0 Å². The van der Waals surface area contributed by atoms with Crippen LogP contribution in [0.1, 0.15) is 26.7 Å². The Kier molecular flexibility index (Phi) is 8.57. The Balaban J connectivity index is 3.55. The van der Waals surface area contributed by atoms with Crippen molar-refractivity contribution in [3.05, 3.63) is 0 Å². The highest BCUT2D eigenvalue weighted by molar-refractivity contribution is 5.75. The fourth-order valence-corrected chi connectivity index (χ4v) is 1.27. The first-order valence-electron chi connectivity index (χ1n) is 5.34. The molecule has 0 aromatic heterocycles. The van der Waals surface area contributed by atoms with E-state index in [0.717, 1.165) is 26.1 Å². The Morgan fingerprint density at radius 3 is 2.57 bits per heavy atom. The minimum absolute atomic E-state index is 0.106. The first-order valence-corrected chi connectivity index (χ1v) is 5.34. The average Bonchev–Trinajstić information content (AvgIpc) is 2.19. The van der Waals surface area contributed by atoms with Crippen LogP contribution in [0.15, 0.2) is 0 Å². The maximum atomic E-state index is 11.2. The lowest BCUT2D eigenvalue weighted by Gasteiger charge is -2.19. The number of carbonyl (C=O) groups excluding carboxylic acids is 1. The van der Waals surface area contributed by atoms with Gasteiger partial charge in [-0.1, -0.05) is 6.92 Å². The van der Waals surface area contributed by atoms with Crippen LogP contribution < -0.4 is 5.32 Å². The van der Waals surface area contributed by atoms with Gasteiger partial charge in [0.05, 0.1) is 0 Å². The van der Waals surface area contributed by atoms with Crippen LogP contribution in [-0.4, -0.2) is 48.7 Å². The predicted molar refractivity (Wildman–Crippen MR) is 57.1 cm³/mol. The van der Waals surface area contributed by atoms with Crippen molar-refractivity contribution in [3.8, 4) is 0 Å². The molecule has 0 radical (unpaired) electrons. The zero-order valence-electron chi connectivity index (χ0n) is 9.25. The molecule has 2 N–H and O–H groups in total. The summed E-state index contributed by atoms with van der Waals surface area (Å²) in [5.74, 6) is 0.106. The van der Waals surface area contributed by atoms with Crippen LogP contribution in [0.5, 0.6) is 0 Å². The second-order valence-corrected chi connectivity index (χ2v) is 3.21. The third-order valence-corrected chi connectivity index (χ3v) is 2.11. The summed E-state index contributed by atoms with van der Waals surface area (Å²) in [6, 6.07) is 0. The summed E-state index contributed by atoms with van der Waals surface area (Å²) in [4.78, 5) is 13.3. The lowest BCUT2D eigenvalue weighted by atomic mass is 10.3. The molecule has 0 aromatic carbocycles. The third kappa shape index (κ3) is 6.86. The van der Waals surface area contributed by atoms with Crippen molar-refractivity contribution < 1.29 is 9.90 Å². The van der Waals surface area contributed by atoms with Crippen molar-refractivity contribution in [3.63, 3.8) is 0 Å². The monoisotopic (exact) mass is 202 g/mol. The first kappa shape index (κ1) is 13.4. The summed E-state index contributed by atoms with van der Waals surface area (Å²) in [5.41, 5.74) is 0. The van der Waals surface area contributed by atoms with Gasteiger partial charge in [0.25, 0.3) is 0 Å². The molecule has 0 heterocycles. The number of carbonyl (C=O) groups is 1. The zero-order valence-corrected chi connectivity index (χ0v) is 9.25. The Hall–Kier alpha value is -0.610. The fourth-order valence-electron chi connectivity index (χ4n) is 1.27. The third-order valence-electron chi connectivity index (χ3n) is 2.11. The lowest BCUT2D eigenvalue weighted by Crippen LogP contribution is -2.31. The molecule has 0 unspecified atom stereocenters. The number of aliphatic hydroxyl groups excluding tert-OH is 1. The number of rotatable bonds is 8. The number of nitrogens with one attached hydrogen (secondary N) is 1. The quantitative estimate of drug-likeness (QED) is 0.592. The number of aliphatic hydroxyl groups is 1. The Labute approximate surface area is 86.3 Å². The molecule has 0 rings (SSSR count). The largest absolute Gasteiger partial charge is 0.396 e. The fraction of sp³-hybridized carbons (Fsp3) is 0.900. The van der Waals surface area contributed by atoms with Gasteiger partial charge in [-0.05, 0) is 19.9 Å². The molecule has 4 nitrogen and oxygen atoms in total. The normalized spacial score (nSPS) is 10.6. The molecule has 0 bridgehead atoms. The molecule has 0 aliphatic carbocycles. The SMILES string of the molecule is CCNC(=O)CCN(CC)CCCO. The van der Waals surface area contributed by atoms with E-state index >= 15 is 0 Å². The molecule has 4 heteroatoms. The lowest BCUT2D eigenvalue weighted by molar-refractivity contribution is -0.121. The maximum absolute atomic E-state index is 11.2. The van der Waals surface area contributed by atoms with Gasteiger partial charge in [0.2, 0.25) is 5.91 Å². The number of nitrogens with zero attached hydrogens (tertiary/aromatic N) is 1. The second-order valence-electron chi connectivity index (χ2n) is 3.21. The number of amides is 1. The highest BCUT2D eigenvalue weighted by Crippen LogP contribution is 1.93. The Morgan fingerprint density at radius 1 is 1.36 bits per heavy atom. The maximum Gasteiger partial charge on any atom is 0.221 e. The van der Waals surface area contributed by atoms with E-state index in [-0.39, 0.29) is 12.5 Å². The van der Waals surface area contributed by atoms with Gasteiger partial charge in [-0.2, -0.15) is 0 Å². The first-order chi connectivity index (χ1) is 6.74. The second kappa shape index (κ2) is 8.97. The van der Waals surface area contributed by atoms with Crippen molar-refractivity contribution >= 4 is 5.91 Å². The minimum atomic E-state index is 0.106. The molecule has 0 aliphatic rings. The molecule has 1 amide bonds. The van der Waals surface area contributed by atoms with Gasteiger partial charge in [-0.15, -0.1) is 0 Å². The summed E-state index contributed by atoms with van der Waals surface area (Å²) in [6.07, 6.45) is 1.33. The molecular weight excluding hydrogens is 180 g/mol. The molecule has 84 valence electrons. The van der Waals surface area contributed by atoms with Gasteiger partial charge >= 0.3 is 0 Å². The standard InChI is InChI=1S/C10H22N2O2/c1-3-11-10(14)6-8-12(4-2)7-5-9-13/h13H,3-9H2,1-2H3,(H,11,14). The highest BCUT2D eigenvalue weighted by atomic mass is 16.3. The molecule has 0 aliphatic heterocycles. The zero-order chi connectivity index (χ0) is 10.8. The summed E-state index contributed by atoms with van der Waals surface area (Å²) in [5, 5.41) is 11.4. The van der Waals surface area contributed by atoms with Crippen LogP contribution in [-0.2, 0) is 4.79 Å². The summed E-state index contributed by atoms with van der Waals surface area (Å²) in [7, 11) is 0. The van der Waals surface area contributed by atoms with Crippen LogP contribution in [0.25, 0.3) is 0 Å². The summed E-state index contributed by atoms with van der Waals surface area (Å²) >= 11 is 0. The van der Waals surface area contributed by atoms with E-state index in [0.29, 0.717) is 13.0 Å². The molecule has 0 fully saturated rings. The van der Waals surface area contributed by atoms with Crippen LogP contribution in [0, 0.1) is 0 Å². The van der Waals surface area contributed by atoms with Gasteiger partial charge < -0.3 is 15.3 Å². The molecule has 0 aromatic rings. The average molecular weight is 202 g/mol. The van der Waals surface area contributed by atoms with E-state index in [9.17, 15) is 4.79 Å². The van der Waals surface area contributed by atoms with Gasteiger partial charge in [0, 0.05) is 32.7 Å². The molecular formula is C10H22N2O2. The molecule has 14 heavy (non-hydrogen) atoms. The van der Waals surface area contributed by atoms with Crippen molar-refractivity contribution in [2.24, 2.45) is 0 Å². The summed E-state index contributed by atoms with van der Waals surface area (Å²) in [6.45, 7) is 7.48. The molecule has 0 saturated heterocycles.